The van der Waals surface area contributed by atoms with E-state index in [4.69, 9.17) is 19.2 Å². The van der Waals surface area contributed by atoms with Crippen LogP contribution in [0.4, 0.5) is 0 Å². The Bertz CT molecular complexity index is 1090. The number of carbonyl (C=O) groups excluding carboxylic acids is 2. The van der Waals surface area contributed by atoms with E-state index in [0.29, 0.717) is 34.5 Å². The molecule has 1 saturated heterocycles. The largest absolute Gasteiger partial charge is 0.497 e. The van der Waals surface area contributed by atoms with Crippen LogP contribution in [0.1, 0.15) is 44.7 Å². The van der Waals surface area contributed by atoms with Crippen molar-refractivity contribution in [1.82, 2.24) is 15.1 Å². The summed E-state index contributed by atoms with van der Waals surface area (Å²) in [4.78, 5) is 35.1. The third-order valence-corrected chi connectivity index (χ3v) is 7.41. The predicted molar refractivity (Wildman–Crippen MR) is 140 cm³/mol. The molecule has 0 aliphatic carbocycles. The minimum atomic E-state index is -0.583. The van der Waals surface area contributed by atoms with Gasteiger partial charge in [0.1, 0.15) is 11.5 Å². The lowest BCUT2D eigenvalue weighted by Gasteiger charge is -2.36. The zero-order chi connectivity index (χ0) is 25.7. The van der Waals surface area contributed by atoms with E-state index in [2.05, 4.69) is 10.2 Å². The van der Waals surface area contributed by atoms with Crippen molar-refractivity contribution in [2.45, 2.75) is 39.2 Å². The van der Waals surface area contributed by atoms with Gasteiger partial charge in [0.25, 0.3) is 0 Å². The first-order valence-corrected chi connectivity index (χ1v) is 13.2. The maximum atomic E-state index is 13.2. The molecule has 1 atom stereocenters. The van der Waals surface area contributed by atoms with E-state index in [9.17, 15) is 9.59 Å². The molecule has 0 spiro atoms. The Kier molecular flexibility index (Phi) is 8.58. The van der Waals surface area contributed by atoms with Gasteiger partial charge in [0, 0.05) is 24.4 Å². The van der Waals surface area contributed by atoms with E-state index in [1.807, 2.05) is 28.5 Å². The first kappa shape index (κ1) is 26.1. The molecule has 3 heterocycles. The maximum Gasteiger partial charge on any atom is 0.338 e. The summed E-state index contributed by atoms with van der Waals surface area (Å²) in [5.74, 6) is 0.720. The summed E-state index contributed by atoms with van der Waals surface area (Å²) in [6.07, 6.45) is 2.62. The number of hydrogen-bond donors (Lipinski definition) is 1. The number of aliphatic imine (C=N–C) groups is 1. The second kappa shape index (κ2) is 11.8. The van der Waals surface area contributed by atoms with Crippen molar-refractivity contribution < 1.29 is 23.8 Å². The summed E-state index contributed by atoms with van der Waals surface area (Å²) in [5, 5.41) is 5.68. The molecule has 0 bridgehead atoms. The summed E-state index contributed by atoms with van der Waals surface area (Å²) in [5.41, 5.74) is 2.48. The van der Waals surface area contributed by atoms with E-state index in [-0.39, 0.29) is 18.9 Å². The quantitative estimate of drug-likeness (QED) is 0.475. The number of rotatable bonds is 10. The molecule has 0 unspecified atom stereocenters. The number of nitrogens with one attached hydrogen (secondary N) is 1. The number of amides is 1. The van der Waals surface area contributed by atoms with Gasteiger partial charge >= 0.3 is 5.97 Å². The fraction of sp³-hybridized carbons (Fsp3) is 0.500. The lowest BCUT2D eigenvalue weighted by molar-refractivity contribution is -0.139. The van der Waals surface area contributed by atoms with Crippen LogP contribution in [-0.2, 0) is 14.3 Å². The number of amidine groups is 1. The molecule has 9 nitrogen and oxygen atoms in total. The topological polar surface area (TPSA) is 92.7 Å². The first-order valence-electron chi connectivity index (χ1n) is 12.3. The number of hydrogen-bond acceptors (Lipinski definition) is 9. The molecular weight excluding hydrogens is 480 g/mol. The average molecular weight is 515 g/mol. The molecule has 1 amide bonds. The second-order valence-corrected chi connectivity index (χ2v) is 9.63. The monoisotopic (exact) mass is 514 g/mol. The summed E-state index contributed by atoms with van der Waals surface area (Å²) < 4.78 is 16.6. The van der Waals surface area contributed by atoms with Crippen LogP contribution in [-0.4, -0.2) is 73.8 Å². The number of methoxy groups -OCH3 is 2. The van der Waals surface area contributed by atoms with Gasteiger partial charge in [-0.1, -0.05) is 11.8 Å². The van der Waals surface area contributed by atoms with Crippen molar-refractivity contribution in [3.05, 3.63) is 46.1 Å². The Labute approximate surface area is 216 Å². The molecule has 194 valence electrons. The van der Waals surface area contributed by atoms with Crippen LogP contribution in [0, 0.1) is 0 Å². The molecule has 1 aromatic carbocycles. The molecule has 1 fully saturated rings. The minimum Gasteiger partial charge on any atom is -0.497 e. The molecule has 0 aromatic heterocycles. The predicted octanol–water partition coefficient (Wildman–Crippen LogP) is 3.44. The summed E-state index contributed by atoms with van der Waals surface area (Å²) in [6.45, 7) is 7.48. The summed E-state index contributed by atoms with van der Waals surface area (Å²) in [7, 11) is 3.18. The molecular formula is C26H34N4O5S. The van der Waals surface area contributed by atoms with Crippen molar-refractivity contribution >= 4 is 28.8 Å². The van der Waals surface area contributed by atoms with E-state index in [0.717, 1.165) is 30.9 Å². The molecule has 3 aliphatic heterocycles. The molecule has 36 heavy (non-hydrogen) atoms. The molecule has 1 N–H and O–H groups in total. The summed E-state index contributed by atoms with van der Waals surface area (Å²) >= 11 is 1.44. The van der Waals surface area contributed by atoms with E-state index >= 15 is 0 Å². The number of ether oxygens (including phenoxy) is 3. The van der Waals surface area contributed by atoms with Crippen LogP contribution >= 0.6 is 11.8 Å². The third kappa shape index (κ3) is 5.54. The highest BCUT2D eigenvalue weighted by Crippen LogP contribution is 2.47. The molecule has 1 aromatic rings. The van der Waals surface area contributed by atoms with Crippen molar-refractivity contribution in [1.29, 1.82) is 0 Å². The number of esters is 1. The van der Waals surface area contributed by atoms with Gasteiger partial charge in [-0.15, -0.1) is 0 Å². The number of thioether (sulfide) groups is 1. The van der Waals surface area contributed by atoms with Crippen LogP contribution in [0.2, 0.25) is 0 Å². The van der Waals surface area contributed by atoms with Gasteiger partial charge in [-0.3, -0.25) is 4.79 Å². The van der Waals surface area contributed by atoms with Crippen molar-refractivity contribution in [3.63, 3.8) is 0 Å². The smallest absolute Gasteiger partial charge is 0.338 e. The third-order valence-electron chi connectivity index (χ3n) is 6.52. The number of nitrogens with zero attached hydrogens (tertiary/aromatic N) is 3. The second-order valence-electron chi connectivity index (χ2n) is 8.80. The molecule has 3 aliphatic rings. The number of carbonyl (C=O) groups is 2. The Hall–Kier alpha value is -2.98. The first-order chi connectivity index (χ1) is 17.5. The van der Waals surface area contributed by atoms with Gasteiger partial charge in [-0.2, -0.15) is 0 Å². The normalized spacial score (nSPS) is 19.6. The molecule has 0 saturated carbocycles. The zero-order valence-corrected chi connectivity index (χ0v) is 22.2. The number of fused-ring (bicyclic) bond motifs is 1. The van der Waals surface area contributed by atoms with E-state index in [1.54, 1.807) is 28.1 Å². The zero-order valence-electron chi connectivity index (χ0n) is 21.3. The lowest BCUT2D eigenvalue weighted by atomic mass is 9.93. The van der Waals surface area contributed by atoms with Gasteiger partial charge in [-0.25, -0.2) is 9.79 Å². The Morgan fingerprint density at radius 1 is 1.19 bits per heavy atom. The molecule has 4 rings (SSSR count). The number of benzene rings is 1. The standard InChI is InChI=1S/C26H34N4O5S/c1-5-35-25(32)23-17(2)28-26-30(24(23)20-15-19(33-3)8-9-21(20)34-4)18(16-36-26)14-22(31)27-10-13-29-11-6-7-12-29/h8-9,15-16,24H,5-7,10-14H2,1-4H3,(H,27,31)/t24-/m0/s1. The fourth-order valence-electron chi connectivity index (χ4n) is 4.77. The van der Waals surface area contributed by atoms with Gasteiger partial charge in [0.2, 0.25) is 5.91 Å². The van der Waals surface area contributed by atoms with Crippen molar-refractivity contribution in [3.8, 4) is 11.5 Å². The summed E-state index contributed by atoms with van der Waals surface area (Å²) in [6, 6.07) is 4.90. The van der Waals surface area contributed by atoms with Crippen LogP contribution in [0.15, 0.2) is 45.6 Å². The highest BCUT2D eigenvalue weighted by Gasteiger charge is 2.42. The Morgan fingerprint density at radius 3 is 2.67 bits per heavy atom. The van der Waals surface area contributed by atoms with Crippen LogP contribution in [0.3, 0.4) is 0 Å². The highest BCUT2D eigenvalue weighted by molar-refractivity contribution is 8.16. The van der Waals surface area contributed by atoms with Gasteiger partial charge in [-0.05, 0) is 63.4 Å². The van der Waals surface area contributed by atoms with Gasteiger partial charge in [0.05, 0.1) is 44.6 Å². The van der Waals surface area contributed by atoms with Gasteiger partial charge < -0.3 is 29.3 Å². The number of allylic oxidation sites excluding steroid dienone is 1. The van der Waals surface area contributed by atoms with Crippen LogP contribution < -0.4 is 14.8 Å². The average Bonchev–Trinajstić information content (AvgIpc) is 3.53. The van der Waals surface area contributed by atoms with Crippen molar-refractivity contribution in [2.75, 3.05) is 47.0 Å². The lowest BCUT2D eigenvalue weighted by Crippen LogP contribution is -2.39. The molecule has 10 heteroatoms. The number of likely N-dealkylation sites (tertiary alicyclic amines) is 1. The SMILES string of the molecule is CCOC(=O)C1=C(C)N=C2SC=C(CC(=O)NCCN3CCCC3)N2[C@H]1c1cc(OC)ccc1OC. The molecule has 0 radical (unpaired) electrons. The maximum absolute atomic E-state index is 13.2. The van der Waals surface area contributed by atoms with E-state index < -0.39 is 12.0 Å². The minimum absolute atomic E-state index is 0.0670. The highest BCUT2D eigenvalue weighted by atomic mass is 32.2. The Morgan fingerprint density at radius 2 is 1.97 bits per heavy atom. The Balaban J connectivity index is 1.63. The van der Waals surface area contributed by atoms with E-state index in [1.165, 1.54) is 24.6 Å². The fourth-order valence-corrected chi connectivity index (χ4v) is 5.74. The van der Waals surface area contributed by atoms with Crippen LogP contribution in [0.5, 0.6) is 11.5 Å². The van der Waals surface area contributed by atoms with Crippen molar-refractivity contribution in [2.24, 2.45) is 4.99 Å². The van der Waals surface area contributed by atoms with Gasteiger partial charge in [0.15, 0.2) is 5.17 Å². The van der Waals surface area contributed by atoms with Crippen LogP contribution in [0.25, 0.3) is 0 Å².